The zero-order chi connectivity index (χ0) is 22.7. The monoisotopic (exact) mass is 545 g/mol. The number of carbonyl (C=O) groups excluding carboxylic acids is 2. The fourth-order valence-electron chi connectivity index (χ4n) is 2.64. The van der Waals surface area contributed by atoms with Crippen LogP contribution in [0.2, 0.25) is 10.0 Å². The van der Waals surface area contributed by atoms with E-state index in [0.29, 0.717) is 48.2 Å². The van der Waals surface area contributed by atoms with E-state index in [1.54, 1.807) is 30.3 Å². The average molecular weight is 547 g/mol. The average Bonchev–Trinajstić information content (AvgIpc) is 2.96. The van der Waals surface area contributed by atoms with Crippen molar-refractivity contribution in [2.24, 2.45) is 0 Å². The first kappa shape index (κ1) is 23.5. The molecule has 2 aromatic carbocycles. The summed E-state index contributed by atoms with van der Waals surface area (Å²) in [6.07, 6.45) is 1.49. The molecular formula is C20H14BrCl2NO6S. The van der Waals surface area contributed by atoms with Gasteiger partial charge in [0.25, 0.3) is 11.1 Å². The summed E-state index contributed by atoms with van der Waals surface area (Å²) in [6, 6.07) is 8.38. The van der Waals surface area contributed by atoms with Crippen LogP contribution in [0.3, 0.4) is 0 Å². The summed E-state index contributed by atoms with van der Waals surface area (Å²) in [5.74, 6) is -1.12. The number of hydrogen-bond acceptors (Lipinski definition) is 6. The topological polar surface area (TPSA) is 93.1 Å². The van der Waals surface area contributed by atoms with Gasteiger partial charge in [-0.1, -0.05) is 45.2 Å². The Labute approximate surface area is 200 Å². The Balaban J connectivity index is 1.84. The number of rotatable bonds is 7. The van der Waals surface area contributed by atoms with Gasteiger partial charge in [-0.2, -0.15) is 0 Å². The minimum absolute atomic E-state index is 0.107. The summed E-state index contributed by atoms with van der Waals surface area (Å²) in [5.41, 5.74) is 1.29. The molecule has 1 aliphatic heterocycles. The number of carboxylic acids is 1. The lowest BCUT2D eigenvalue weighted by Gasteiger charge is -2.14. The van der Waals surface area contributed by atoms with Gasteiger partial charge in [0.05, 0.1) is 12.0 Å². The molecule has 0 spiro atoms. The SMILES string of the molecule is COc1cc(/C=C2/SC(=O)N(CC(=O)O)C2=O)c(Br)cc1OCc1ccc(Cl)cc1Cl. The summed E-state index contributed by atoms with van der Waals surface area (Å²) in [6.45, 7) is -0.515. The number of carbonyl (C=O) groups is 3. The van der Waals surface area contributed by atoms with Crippen LogP contribution in [0.1, 0.15) is 11.1 Å². The van der Waals surface area contributed by atoms with E-state index in [4.69, 9.17) is 37.8 Å². The van der Waals surface area contributed by atoms with Crippen LogP contribution in [-0.2, 0) is 16.2 Å². The van der Waals surface area contributed by atoms with Crippen molar-refractivity contribution in [2.75, 3.05) is 13.7 Å². The van der Waals surface area contributed by atoms with Crippen molar-refractivity contribution in [3.05, 3.63) is 60.9 Å². The van der Waals surface area contributed by atoms with Crippen LogP contribution in [0.4, 0.5) is 4.79 Å². The van der Waals surface area contributed by atoms with Gasteiger partial charge in [-0.25, -0.2) is 0 Å². The first-order chi connectivity index (χ1) is 14.7. The maximum absolute atomic E-state index is 12.4. The lowest BCUT2D eigenvalue weighted by atomic mass is 10.1. The molecule has 0 unspecified atom stereocenters. The molecule has 7 nitrogen and oxygen atoms in total. The molecule has 2 aromatic rings. The molecule has 31 heavy (non-hydrogen) atoms. The summed E-state index contributed by atoms with van der Waals surface area (Å²) in [5, 5.41) is 9.22. The second-order valence-corrected chi connectivity index (χ2v) is 8.90. The van der Waals surface area contributed by atoms with Crippen molar-refractivity contribution in [1.82, 2.24) is 4.90 Å². The van der Waals surface area contributed by atoms with Crippen molar-refractivity contribution in [3.8, 4) is 11.5 Å². The Morgan fingerprint density at radius 2 is 1.97 bits per heavy atom. The fourth-order valence-corrected chi connectivity index (χ4v) is 4.37. The molecule has 0 saturated carbocycles. The Kier molecular flexibility index (Phi) is 7.53. The zero-order valence-electron chi connectivity index (χ0n) is 15.9. The molecule has 162 valence electrons. The Morgan fingerprint density at radius 3 is 2.61 bits per heavy atom. The van der Waals surface area contributed by atoms with Crippen LogP contribution in [0.5, 0.6) is 11.5 Å². The first-order valence-electron chi connectivity index (χ1n) is 8.61. The van der Waals surface area contributed by atoms with E-state index < -0.39 is 23.7 Å². The fraction of sp³-hybridized carbons (Fsp3) is 0.150. The predicted molar refractivity (Wildman–Crippen MR) is 122 cm³/mol. The summed E-state index contributed by atoms with van der Waals surface area (Å²) < 4.78 is 11.8. The molecular weight excluding hydrogens is 533 g/mol. The van der Waals surface area contributed by atoms with E-state index in [9.17, 15) is 14.4 Å². The number of carboxylic acid groups (broad SMARTS) is 1. The molecule has 0 atom stereocenters. The highest BCUT2D eigenvalue weighted by Crippen LogP contribution is 2.38. The molecule has 0 aromatic heterocycles. The maximum Gasteiger partial charge on any atom is 0.323 e. The van der Waals surface area contributed by atoms with Gasteiger partial charge in [0.1, 0.15) is 13.2 Å². The van der Waals surface area contributed by atoms with Crippen molar-refractivity contribution >= 4 is 74.1 Å². The smallest absolute Gasteiger partial charge is 0.323 e. The van der Waals surface area contributed by atoms with Gasteiger partial charge in [0.15, 0.2) is 11.5 Å². The van der Waals surface area contributed by atoms with Gasteiger partial charge < -0.3 is 14.6 Å². The van der Waals surface area contributed by atoms with Crippen LogP contribution in [0, 0.1) is 0 Å². The first-order valence-corrected chi connectivity index (χ1v) is 11.0. The van der Waals surface area contributed by atoms with E-state index in [-0.39, 0.29) is 11.5 Å². The lowest BCUT2D eigenvalue weighted by molar-refractivity contribution is -0.140. The molecule has 1 heterocycles. The minimum Gasteiger partial charge on any atom is -0.493 e. The number of halogens is 3. The maximum atomic E-state index is 12.4. The van der Waals surface area contributed by atoms with Gasteiger partial charge in [-0.05, 0) is 47.7 Å². The number of ether oxygens (including phenoxy) is 2. The van der Waals surface area contributed by atoms with E-state index in [2.05, 4.69) is 15.9 Å². The van der Waals surface area contributed by atoms with E-state index in [1.165, 1.54) is 13.2 Å². The van der Waals surface area contributed by atoms with Crippen LogP contribution in [-0.4, -0.2) is 40.8 Å². The van der Waals surface area contributed by atoms with Crippen LogP contribution in [0.25, 0.3) is 6.08 Å². The molecule has 1 fully saturated rings. The quantitative estimate of drug-likeness (QED) is 0.460. The number of thioether (sulfide) groups is 1. The van der Waals surface area contributed by atoms with Crippen molar-refractivity contribution < 1.29 is 29.0 Å². The third-order valence-corrected chi connectivity index (χ3v) is 6.32. The van der Waals surface area contributed by atoms with Gasteiger partial charge in [0, 0.05) is 20.1 Å². The third kappa shape index (κ3) is 5.54. The molecule has 1 aliphatic rings. The van der Waals surface area contributed by atoms with E-state index in [0.717, 1.165) is 5.56 Å². The lowest BCUT2D eigenvalue weighted by Crippen LogP contribution is -2.33. The standard InChI is InChI=1S/C20H14BrCl2NO6S/c1-29-15-4-11(5-17-19(27)24(8-18(25)26)20(28)31-17)13(21)7-16(15)30-9-10-2-3-12(22)6-14(10)23/h2-7H,8-9H2,1H3,(H,25,26)/b17-5+. The summed E-state index contributed by atoms with van der Waals surface area (Å²) >= 11 is 16.2. The third-order valence-electron chi connectivity index (χ3n) is 4.13. The second kappa shape index (κ2) is 9.95. The number of amides is 2. The Morgan fingerprint density at radius 1 is 1.23 bits per heavy atom. The van der Waals surface area contributed by atoms with Crippen molar-refractivity contribution in [3.63, 3.8) is 0 Å². The molecule has 2 amide bonds. The van der Waals surface area contributed by atoms with Gasteiger partial charge in [0.2, 0.25) is 0 Å². The van der Waals surface area contributed by atoms with Gasteiger partial charge in [-0.3, -0.25) is 19.3 Å². The molecule has 3 rings (SSSR count). The zero-order valence-corrected chi connectivity index (χ0v) is 19.8. The largest absolute Gasteiger partial charge is 0.493 e. The Bertz CT molecular complexity index is 1110. The highest BCUT2D eigenvalue weighted by molar-refractivity contribution is 9.10. The molecule has 0 radical (unpaired) electrons. The number of imide groups is 1. The Hall–Kier alpha value is -2.20. The van der Waals surface area contributed by atoms with Crippen molar-refractivity contribution in [1.29, 1.82) is 0 Å². The second-order valence-electron chi connectivity index (χ2n) is 6.21. The molecule has 0 aliphatic carbocycles. The molecule has 1 saturated heterocycles. The minimum atomic E-state index is -1.27. The van der Waals surface area contributed by atoms with E-state index in [1.807, 2.05) is 0 Å². The van der Waals surface area contributed by atoms with E-state index >= 15 is 0 Å². The number of methoxy groups -OCH3 is 1. The predicted octanol–water partition coefficient (Wildman–Crippen LogP) is 5.46. The summed E-state index contributed by atoms with van der Waals surface area (Å²) in [4.78, 5) is 35.9. The highest BCUT2D eigenvalue weighted by atomic mass is 79.9. The molecule has 11 heteroatoms. The van der Waals surface area contributed by atoms with Gasteiger partial charge >= 0.3 is 5.97 Å². The number of nitrogens with zero attached hydrogens (tertiary/aromatic N) is 1. The van der Waals surface area contributed by atoms with Crippen LogP contribution in [0.15, 0.2) is 39.7 Å². The summed E-state index contributed by atoms with van der Waals surface area (Å²) in [7, 11) is 1.47. The van der Waals surface area contributed by atoms with Gasteiger partial charge in [-0.15, -0.1) is 0 Å². The molecule has 1 N–H and O–H groups in total. The molecule has 0 bridgehead atoms. The number of aliphatic carboxylic acids is 1. The normalized spacial score (nSPS) is 15.0. The van der Waals surface area contributed by atoms with Crippen molar-refractivity contribution in [2.45, 2.75) is 6.61 Å². The number of benzene rings is 2. The van der Waals surface area contributed by atoms with Crippen LogP contribution < -0.4 is 9.47 Å². The van der Waals surface area contributed by atoms with Crippen LogP contribution >= 0.6 is 50.9 Å². The highest BCUT2D eigenvalue weighted by Gasteiger charge is 2.36. The number of hydrogen-bond donors (Lipinski definition) is 1.